The number of Topliss-reactive ketones (excluding diaryl/α,β-unsaturated/α-hetero) is 1. The van der Waals surface area contributed by atoms with Crippen LogP contribution in [0.2, 0.25) is 0 Å². The van der Waals surface area contributed by atoms with E-state index in [1.54, 1.807) is 29.6 Å². The molecule has 146 valence electrons. The minimum absolute atomic E-state index is 0.0984. The minimum Gasteiger partial charge on any atom is -0.503 e. The van der Waals surface area contributed by atoms with Gasteiger partial charge in [0.2, 0.25) is 5.78 Å². The number of aliphatic hydroxyl groups excluding tert-OH is 1. The number of halogens is 1. The smallest absolute Gasteiger partial charge is 0.294 e. The number of aromatic nitrogens is 1. The number of anilines is 1. The van der Waals surface area contributed by atoms with Gasteiger partial charge in [-0.05, 0) is 30.3 Å². The third-order valence-corrected chi connectivity index (χ3v) is 5.39. The van der Waals surface area contributed by atoms with Gasteiger partial charge in [0.25, 0.3) is 5.91 Å². The maximum absolute atomic E-state index is 13.4. The summed E-state index contributed by atoms with van der Waals surface area (Å²) in [5, 5.41) is 12.4. The molecule has 1 amide bonds. The summed E-state index contributed by atoms with van der Waals surface area (Å²) in [6, 6.07) is 11.2. The molecule has 4 rings (SSSR count). The molecule has 1 N–H and O–H groups in total. The molecule has 3 aromatic rings. The Morgan fingerprint density at radius 2 is 1.93 bits per heavy atom. The van der Waals surface area contributed by atoms with E-state index in [1.807, 2.05) is 0 Å². The van der Waals surface area contributed by atoms with E-state index >= 15 is 0 Å². The number of hydrogen-bond acceptors (Lipinski definition) is 6. The van der Waals surface area contributed by atoms with E-state index in [0.717, 1.165) is 11.3 Å². The maximum Gasteiger partial charge on any atom is 0.294 e. The van der Waals surface area contributed by atoms with Crippen LogP contribution in [0.15, 0.2) is 71.4 Å². The van der Waals surface area contributed by atoms with Crippen molar-refractivity contribution in [3.63, 3.8) is 0 Å². The molecule has 1 unspecified atom stereocenters. The van der Waals surface area contributed by atoms with Crippen molar-refractivity contribution in [2.75, 3.05) is 12.0 Å². The van der Waals surface area contributed by atoms with Crippen molar-refractivity contribution in [2.24, 2.45) is 0 Å². The van der Waals surface area contributed by atoms with Crippen LogP contribution < -0.4 is 9.64 Å². The van der Waals surface area contributed by atoms with Crippen LogP contribution in [-0.4, -0.2) is 28.9 Å². The quantitative estimate of drug-likeness (QED) is 0.642. The lowest BCUT2D eigenvalue weighted by atomic mass is 9.95. The topological polar surface area (TPSA) is 79.7 Å². The SMILES string of the molecule is COc1ccccc1C1C(C(=O)c2nccs2)=C(O)C(=O)N1c1ccc(F)cc1. The molecule has 29 heavy (non-hydrogen) atoms. The van der Waals surface area contributed by atoms with Gasteiger partial charge < -0.3 is 9.84 Å². The second-order valence-corrected chi connectivity index (χ2v) is 7.12. The molecule has 2 aromatic carbocycles. The number of para-hydroxylation sites is 1. The first-order valence-electron chi connectivity index (χ1n) is 8.62. The number of amides is 1. The molecule has 0 saturated heterocycles. The van der Waals surface area contributed by atoms with Crippen molar-refractivity contribution in [3.05, 3.63) is 87.8 Å². The number of carbonyl (C=O) groups is 2. The predicted molar refractivity (Wildman–Crippen MR) is 106 cm³/mol. The molecule has 0 saturated carbocycles. The van der Waals surface area contributed by atoms with Gasteiger partial charge in [0.1, 0.15) is 11.6 Å². The molecule has 0 bridgehead atoms. The highest BCUT2D eigenvalue weighted by Crippen LogP contribution is 2.44. The van der Waals surface area contributed by atoms with Crippen LogP contribution in [-0.2, 0) is 4.79 Å². The Kier molecular flexibility index (Phi) is 4.85. The molecule has 8 heteroatoms. The van der Waals surface area contributed by atoms with Gasteiger partial charge in [-0.1, -0.05) is 18.2 Å². The number of thiazole rings is 1. The average molecular weight is 410 g/mol. The molecule has 2 heterocycles. The number of aliphatic hydroxyl groups is 1. The van der Waals surface area contributed by atoms with Crippen LogP contribution in [0.4, 0.5) is 10.1 Å². The van der Waals surface area contributed by atoms with Gasteiger partial charge in [-0.3, -0.25) is 14.5 Å². The second-order valence-electron chi connectivity index (χ2n) is 6.22. The summed E-state index contributed by atoms with van der Waals surface area (Å²) in [4.78, 5) is 31.4. The van der Waals surface area contributed by atoms with E-state index in [4.69, 9.17) is 4.74 Å². The van der Waals surface area contributed by atoms with E-state index in [9.17, 15) is 19.1 Å². The number of hydrogen-bond donors (Lipinski definition) is 1. The summed E-state index contributed by atoms with van der Waals surface area (Å²) in [6.07, 6.45) is 1.47. The van der Waals surface area contributed by atoms with Gasteiger partial charge in [-0.15, -0.1) is 11.3 Å². The van der Waals surface area contributed by atoms with Crippen LogP contribution in [0, 0.1) is 5.82 Å². The first-order valence-corrected chi connectivity index (χ1v) is 9.50. The second kappa shape index (κ2) is 7.48. The van der Waals surface area contributed by atoms with Crippen molar-refractivity contribution >= 4 is 28.7 Å². The summed E-state index contributed by atoms with van der Waals surface area (Å²) in [5.41, 5.74) is 0.746. The number of carbonyl (C=O) groups excluding carboxylic acids is 2. The van der Waals surface area contributed by atoms with Gasteiger partial charge in [0.05, 0.1) is 18.7 Å². The van der Waals surface area contributed by atoms with Gasteiger partial charge in [0.15, 0.2) is 10.8 Å². The maximum atomic E-state index is 13.4. The number of benzene rings is 2. The third-order valence-electron chi connectivity index (χ3n) is 4.62. The fourth-order valence-electron chi connectivity index (χ4n) is 3.34. The van der Waals surface area contributed by atoms with Gasteiger partial charge in [-0.2, -0.15) is 0 Å². The van der Waals surface area contributed by atoms with Crippen LogP contribution in [0.25, 0.3) is 0 Å². The van der Waals surface area contributed by atoms with Crippen molar-refractivity contribution in [1.29, 1.82) is 0 Å². The molecule has 6 nitrogen and oxygen atoms in total. The zero-order chi connectivity index (χ0) is 20.5. The Morgan fingerprint density at radius 3 is 2.59 bits per heavy atom. The molecule has 0 spiro atoms. The predicted octanol–water partition coefficient (Wildman–Crippen LogP) is 4.07. The fourth-order valence-corrected chi connectivity index (χ4v) is 3.93. The Balaban J connectivity index is 1.92. The minimum atomic E-state index is -0.958. The zero-order valence-corrected chi connectivity index (χ0v) is 16.0. The number of rotatable bonds is 5. The molecular formula is C21H15FN2O4S. The number of methoxy groups -OCH3 is 1. The van der Waals surface area contributed by atoms with E-state index in [-0.39, 0.29) is 10.6 Å². The van der Waals surface area contributed by atoms with Crippen molar-refractivity contribution in [3.8, 4) is 5.75 Å². The van der Waals surface area contributed by atoms with E-state index in [2.05, 4.69) is 4.98 Å². The van der Waals surface area contributed by atoms with E-state index in [0.29, 0.717) is 17.0 Å². The third kappa shape index (κ3) is 3.17. The van der Waals surface area contributed by atoms with Crippen LogP contribution >= 0.6 is 11.3 Å². The molecule has 1 aliphatic rings. The molecule has 1 aromatic heterocycles. The molecule has 0 radical (unpaired) electrons. The van der Waals surface area contributed by atoms with Gasteiger partial charge in [-0.25, -0.2) is 9.37 Å². The van der Waals surface area contributed by atoms with E-state index < -0.39 is 29.3 Å². The molecule has 0 fully saturated rings. The Morgan fingerprint density at radius 1 is 1.21 bits per heavy atom. The normalized spacial score (nSPS) is 16.4. The fraction of sp³-hybridized carbons (Fsp3) is 0.0952. The van der Waals surface area contributed by atoms with Crippen LogP contribution in [0.1, 0.15) is 21.4 Å². The summed E-state index contributed by atoms with van der Waals surface area (Å²) >= 11 is 1.11. The lowest BCUT2D eigenvalue weighted by Crippen LogP contribution is -2.31. The Bertz CT molecular complexity index is 1110. The highest BCUT2D eigenvalue weighted by atomic mass is 32.1. The summed E-state index contributed by atoms with van der Waals surface area (Å²) in [6.45, 7) is 0. The summed E-state index contributed by atoms with van der Waals surface area (Å²) in [5.74, 6) is -1.99. The monoisotopic (exact) mass is 410 g/mol. The highest BCUT2D eigenvalue weighted by molar-refractivity contribution is 7.11. The Labute approximate surface area is 169 Å². The average Bonchev–Trinajstić information content (AvgIpc) is 3.36. The van der Waals surface area contributed by atoms with Crippen LogP contribution in [0.3, 0.4) is 0 Å². The highest BCUT2D eigenvalue weighted by Gasteiger charge is 2.46. The molecule has 1 aliphatic heterocycles. The Hall–Kier alpha value is -3.52. The largest absolute Gasteiger partial charge is 0.503 e. The lowest BCUT2D eigenvalue weighted by Gasteiger charge is -2.27. The standard InChI is InChI=1S/C21H15FN2O4S/c1-28-15-5-3-2-4-14(15)17-16(18(25)20-23-10-11-29-20)19(26)21(27)24(17)13-8-6-12(22)7-9-13/h2-11,17,26H,1H3. The van der Waals surface area contributed by atoms with Gasteiger partial charge >= 0.3 is 0 Å². The number of ketones is 1. The van der Waals surface area contributed by atoms with Crippen molar-refractivity contribution in [2.45, 2.75) is 6.04 Å². The van der Waals surface area contributed by atoms with Crippen molar-refractivity contribution < 1.29 is 23.8 Å². The molecule has 1 atom stereocenters. The number of ether oxygens (including phenoxy) is 1. The van der Waals surface area contributed by atoms with Crippen molar-refractivity contribution in [1.82, 2.24) is 4.98 Å². The van der Waals surface area contributed by atoms with Crippen LogP contribution in [0.5, 0.6) is 5.75 Å². The first-order chi connectivity index (χ1) is 14.0. The van der Waals surface area contributed by atoms with E-state index in [1.165, 1.54) is 42.5 Å². The molecular weight excluding hydrogens is 395 g/mol. The first kappa shape index (κ1) is 18.8. The zero-order valence-electron chi connectivity index (χ0n) is 15.2. The lowest BCUT2D eigenvalue weighted by molar-refractivity contribution is -0.117. The summed E-state index contributed by atoms with van der Waals surface area (Å²) in [7, 11) is 1.48. The number of nitrogens with zero attached hydrogens (tertiary/aromatic N) is 2. The summed E-state index contributed by atoms with van der Waals surface area (Å²) < 4.78 is 18.9. The van der Waals surface area contributed by atoms with Gasteiger partial charge in [0, 0.05) is 22.8 Å². The molecule has 0 aliphatic carbocycles.